The molecule has 3 rings (SSSR count). The lowest BCUT2D eigenvalue weighted by Gasteiger charge is -2.20. The molecule has 3 aromatic rings. The Kier molecular flexibility index (Phi) is 9.44. The molecule has 2 amide bonds. The minimum absolute atomic E-state index is 0.0255. The lowest BCUT2D eigenvalue weighted by atomic mass is 9.99. The number of ether oxygens (including phenoxy) is 2. The number of ketones is 1. The molecule has 0 aliphatic heterocycles. The largest absolute Gasteiger partial charge is 0.493 e. The van der Waals surface area contributed by atoms with Gasteiger partial charge in [0.05, 0.1) is 12.2 Å². The second kappa shape index (κ2) is 12.7. The van der Waals surface area contributed by atoms with Gasteiger partial charge in [0.1, 0.15) is 11.4 Å². The van der Waals surface area contributed by atoms with Crippen LogP contribution >= 0.6 is 0 Å². The maximum absolute atomic E-state index is 13.4. The number of hydrogen-bond acceptors (Lipinski definition) is 5. The highest BCUT2D eigenvalue weighted by molar-refractivity contribution is 6.29. The van der Waals surface area contributed by atoms with E-state index in [1.165, 1.54) is 6.08 Å². The van der Waals surface area contributed by atoms with E-state index in [1.807, 2.05) is 49.4 Å². The monoisotopic (exact) mass is 514 g/mol. The molecular formula is C31H34N2O5. The number of para-hydroxylation sites is 1. The summed E-state index contributed by atoms with van der Waals surface area (Å²) in [5, 5.41) is 5.66. The van der Waals surface area contributed by atoms with Gasteiger partial charge in [-0.3, -0.25) is 9.59 Å². The molecule has 0 spiro atoms. The zero-order valence-corrected chi connectivity index (χ0v) is 22.5. The average molecular weight is 515 g/mol. The topological polar surface area (TPSA) is 93.7 Å². The van der Waals surface area contributed by atoms with Crippen molar-refractivity contribution in [2.24, 2.45) is 0 Å². The number of nitrogens with one attached hydrogen (secondary N) is 2. The summed E-state index contributed by atoms with van der Waals surface area (Å²) in [4.78, 5) is 38.6. The molecule has 38 heavy (non-hydrogen) atoms. The molecule has 0 aliphatic carbocycles. The average Bonchev–Trinajstić information content (AvgIpc) is 2.88. The summed E-state index contributed by atoms with van der Waals surface area (Å²) in [7, 11) is 0. The molecule has 2 N–H and O–H groups in total. The van der Waals surface area contributed by atoms with E-state index in [0.717, 1.165) is 11.1 Å². The van der Waals surface area contributed by atoms with Gasteiger partial charge in [0, 0.05) is 28.9 Å². The Balaban J connectivity index is 1.95. The van der Waals surface area contributed by atoms with E-state index >= 15 is 0 Å². The Morgan fingerprint density at radius 3 is 2.24 bits per heavy atom. The van der Waals surface area contributed by atoms with Crippen molar-refractivity contribution in [3.8, 4) is 16.9 Å². The van der Waals surface area contributed by atoms with Crippen LogP contribution in [0.25, 0.3) is 11.1 Å². The lowest BCUT2D eigenvalue weighted by molar-refractivity contribution is -0.112. The van der Waals surface area contributed by atoms with Crippen molar-refractivity contribution >= 4 is 23.5 Å². The zero-order valence-electron chi connectivity index (χ0n) is 22.5. The van der Waals surface area contributed by atoms with Crippen molar-refractivity contribution in [2.75, 3.05) is 11.9 Å². The molecule has 0 heterocycles. The first kappa shape index (κ1) is 28.2. The summed E-state index contributed by atoms with van der Waals surface area (Å²) in [6.45, 7) is 9.59. The first-order chi connectivity index (χ1) is 18.1. The minimum Gasteiger partial charge on any atom is -0.493 e. The fourth-order valence-corrected chi connectivity index (χ4v) is 3.80. The van der Waals surface area contributed by atoms with E-state index in [1.54, 1.807) is 58.0 Å². The molecule has 0 bridgehead atoms. The van der Waals surface area contributed by atoms with Gasteiger partial charge in [-0.1, -0.05) is 66.7 Å². The predicted molar refractivity (Wildman–Crippen MR) is 149 cm³/mol. The van der Waals surface area contributed by atoms with E-state index in [2.05, 4.69) is 10.6 Å². The van der Waals surface area contributed by atoms with Crippen molar-refractivity contribution in [1.82, 2.24) is 5.32 Å². The molecule has 0 aliphatic rings. The standard InChI is InChI=1S/C31H34N2O5/c1-6-23(28(34)22-13-9-8-10-14-22)29(35)33-26-19-21(20-32-30(36)38-31(3,4)5)17-18-24(26)25-15-11-12-16-27(25)37-7-2/h6,8-19H,7,20H2,1-5H3,(H,32,36)(H,33,35)/b23-6+. The fraction of sp³-hybridized carbons (Fsp3) is 0.258. The number of hydrogen-bond donors (Lipinski definition) is 2. The molecule has 0 radical (unpaired) electrons. The third kappa shape index (κ3) is 7.56. The van der Waals surface area contributed by atoms with E-state index in [9.17, 15) is 14.4 Å². The van der Waals surface area contributed by atoms with Crippen LogP contribution in [0.3, 0.4) is 0 Å². The number of anilines is 1. The van der Waals surface area contributed by atoms with Gasteiger partial charge in [0.15, 0.2) is 5.78 Å². The quantitative estimate of drug-likeness (QED) is 0.146. The number of allylic oxidation sites excluding steroid dienone is 1. The van der Waals surface area contributed by atoms with Gasteiger partial charge in [-0.05, 0) is 52.3 Å². The molecule has 0 aromatic heterocycles. The molecule has 7 heteroatoms. The van der Waals surface area contributed by atoms with E-state index in [0.29, 0.717) is 29.2 Å². The summed E-state index contributed by atoms with van der Waals surface area (Å²) in [6.07, 6.45) is 0.963. The molecule has 7 nitrogen and oxygen atoms in total. The molecule has 3 aromatic carbocycles. The van der Waals surface area contributed by atoms with Crippen LogP contribution in [-0.2, 0) is 16.1 Å². The van der Waals surface area contributed by atoms with Crippen molar-refractivity contribution < 1.29 is 23.9 Å². The number of Topliss-reactive ketones (excluding diaryl/α,β-unsaturated/α-hetero) is 1. The van der Waals surface area contributed by atoms with Gasteiger partial charge in [0.2, 0.25) is 0 Å². The van der Waals surface area contributed by atoms with Crippen LogP contribution in [0, 0.1) is 0 Å². The molecular weight excluding hydrogens is 480 g/mol. The minimum atomic E-state index is -0.621. The van der Waals surface area contributed by atoms with Gasteiger partial charge in [-0.15, -0.1) is 0 Å². The summed E-state index contributed by atoms with van der Waals surface area (Å²) >= 11 is 0. The van der Waals surface area contributed by atoms with Crippen molar-refractivity contribution in [3.63, 3.8) is 0 Å². The third-order valence-corrected chi connectivity index (χ3v) is 5.46. The second-order valence-electron chi connectivity index (χ2n) is 9.52. The lowest BCUT2D eigenvalue weighted by Crippen LogP contribution is -2.32. The Labute approximate surface area is 223 Å². The molecule has 0 unspecified atom stereocenters. The van der Waals surface area contributed by atoms with Crippen LogP contribution in [0.2, 0.25) is 0 Å². The summed E-state index contributed by atoms with van der Waals surface area (Å²) < 4.78 is 11.1. The molecule has 0 saturated heterocycles. The Bertz CT molecular complexity index is 1320. The van der Waals surface area contributed by atoms with Gasteiger partial charge in [-0.2, -0.15) is 0 Å². The number of rotatable bonds is 9. The van der Waals surface area contributed by atoms with Crippen LogP contribution in [-0.4, -0.2) is 30.0 Å². The van der Waals surface area contributed by atoms with E-state index in [-0.39, 0.29) is 17.9 Å². The highest BCUT2D eigenvalue weighted by atomic mass is 16.6. The van der Waals surface area contributed by atoms with Gasteiger partial charge < -0.3 is 20.1 Å². The normalized spacial score (nSPS) is 11.4. The maximum atomic E-state index is 13.4. The van der Waals surface area contributed by atoms with Gasteiger partial charge in [-0.25, -0.2) is 4.79 Å². The highest BCUT2D eigenvalue weighted by Crippen LogP contribution is 2.36. The van der Waals surface area contributed by atoms with Gasteiger partial charge in [0.25, 0.3) is 5.91 Å². The van der Waals surface area contributed by atoms with Crippen LogP contribution in [0.5, 0.6) is 5.75 Å². The van der Waals surface area contributed by atoms with Crippen molar-refractivity contribution in [2.45, 2.75) is 46.8 Å². The summed E-state index contributed by atoms with van der Waals surface area (Å²) in [6, 6.07) is 21.7. The van der Waals surface area contributed by atoms with E-state index < -0.39 is 17.6 Å². The number of carbonyl (C=O) groups excluding carboxylic acids is 3. The van der Waals surface area contributed by atoms with E-state index in [4.69, 9.17) is 9.47 Å². The summed E-state index contributed by atoms with van der Waals surface area (Å²) in [5.74, 6) is -0.241. The molecule has 0 saturated carbocycles. The number of alkyl carbamates (subject to hydrolysis) is 1. The van der Waals surface area contributed by atoms with Crippen LogP contribution in [0.15, 0.2) is 84.4 Å². The predicted octanol–water partition coefficient (Wildman–Crippen LogP) is 6.54. The maximum Gasteiger partial charge on any atom is 0.407 e. The summed E-state index contributed by atoms with van der Waals surface area (Å²) in [5.41, 5.74) is 2.54. The van der Waals surface area contributed by atoms with Crippen LogP contribution in [0.1, 0.15) is 50.5 Å². The first-order valence-electron chi connectivity index (χ1n) is 12.5. The van der Waals surface area contributed by atoms with Crippen LogP contribution in [0.4, 0.5) is 10.5 Å². The van der Waals surface area contributed by atoms with Crippen molar-refractivity contribution in [3.05, 3.63) is 95.6 Å². The molecule has 0 fully saturated rings. The number of benzene rings is 3. The Hall–Kier alpha value is -4.39. The highest BCUT2D eigenvalue weighted by Gasteiger charge is 2.21. The van der Waals surface area contributed by atoms with Crippen LogP contribution < -0.4 is 15.4 Å². The smallest absolute Gasteiger partial charge is 0.407 e. The Morgan fingerprint density at radius 2 is 1.58 bits per heavy atom. The van der Waals surface area contributed by atoms with Crippen molar-refractivity contribution in [1.29, 1.82) is 0 Å². The SMILES string of the molecule is C/C=C(/C(=O)Nc1cc(CNC(=O)OC(C)(C)C)ccc1-c1ccccc1OCC)C(=O)c1ccccc1. The molecule has 0 atom stereocenters. The fourth-order valence-electron chi connectivity index (χ4n) is 3.80. The Morgan fingerprint density at radius 1 is 0.895 bits per heavy atom. The third-order valence-electron chi connectivity index (χ3n) is 5.46. The number of amides is 2. The zero-order chi connectivity index (χ0) is 27.7. The molecule has 198 valence electrons. The second-order valence-corrected chi connectivity index (χ2v) is 9.52. The number of carbonyl (C=O) groups is 3. The van der Waals surface area contributed by atoms with Gasteiger partial charge >= 0.3 is 6.09 Å². The first-order valence-corrected chi connectivity index (χ1v) is 12.5.